The van der Waals surface area contributed by atoms with E-state index in [2.05, 4.69) is 22.5 Å². The quantitative estimate of drug-likeness (QED) is 0.738. The molecular weight excluding hydrogens is 369 g/mol. The molecule has 2 unspecified atom stereocenters. The van der Waals surface area contributed by atoms with Crippen LogP contribution in [0.4, 0.5) is 9.18 Å². The number of hydrogen-bond acceptors (Lipinski definition) is 3. The molecule has 6 heteroatoms. The third-order valence-electron chi connectivity index (χ3n) is 7.06. The molecule has 5 nitrogen and oxygen atoms in total. The summed E-state index contributed by atoms with van der Waals surface area (Å²) in [4.78, 5) is 14.7. The maximum Gasteiger partial charge on any atom is 0.315 e. The van der Waals surface area contributed by atoms with Crippen molar-refractivity contribution < 1.29 is 15.3 Å². The summed E-state index contributed by atoms with van der Waals surface area (Å²) >= 11 is 0. The number of amides is 2. The Morgan fingerprint density at radius 3 is 2.90 bits per heavy atom. The van der Waals surface area contributed by atoms with E-state index >= 15 is 0 Å². The lowest BCUT2D eigenvalue weighted by Crippen LogP contribution is -2.50. The molecule has 0 radical (unpaired) electrons. The molecule has 29 heavy (non-hydrogen) atoms. The first-order valence-electron chi connectivity index (χ1n) is 11.3. The first-order valence-corrected chi connectivity index (χ1v) is 11.3. The number of urea groups is 1. The molecule has 162 valence electrons. The molecule has 2 amide bonds. The summed E-state index contributed by atoms with van der Waals surface area (Å²) in [5, 5.41) is 6.13. The Bertz CT molecular complexity index is 724. The minimum absolute atomic E-state index is 0. The molecule has 0 bridgehead atoms. The van der Waals surface area contributed by atoms with Crippen LogP contribution >= 0.6 is 0 Å². The van der Waals surface area contributed by atoms with E-state index in [0.29, 0.717) is 12.6 Å². The van der Waals surface area contributed by atoms with Crippen LogP contribution in [0.1, 0.15) is 65.3 Å². The van der Waals surface area contributed by atoms with Gasteiger partial charge in [-0.15, -0.1) is 0 Å². The molecule has 2 heterocycles. The van der Waals surface area contributed by atoms with Gasteiger partial charge in [0.15, 0.2) is 0 Å². The predicted octanol–water partition coefficient (Wildman–Crippen LogP) is 4.21. The van der Waals surface area contributed by atoms with E-state index in [9.17, 15) is 9.18 Å². The van der Waals surface area contributed by atoms with E-state index in [1.807, 2.05) is 0 Å². The monoisotopic (exact) mass is 405 g/mol. The van der Waals surface area contributed by atoms with Crippen LogP contribution in [0.2, 0.25) is 0 Å². The van der Waals surface area contributed by atoms with Crippen molar-refractivity contribution in [1.29, 1.82) is 0 Å². The van der Waals surface area contributed by atoms with Crippen LogP contribution in [-0.4, -0.2) is 49.3 Å². The molecule has 2 aliphatic heterocycles. The van der Waals surface area contributed by atoms with Gasteiger partial charge in [-0.2, -0.15) is 0 Å². The smallest absolute Gasteiger partial charge is 0.315 e. The molecule has 2 N–H and O–H groups in total. The Kier molecular flexibility index (Phi) is 6.28. The van der Waals surface area contributed by atoms with Crippen LogP contribution < -0.4 is 15.4 Å². The van der Waals surface area contributed by atoms with Gasteiger partial charge in [0, 0.05) is 31.0 Å². The zero-order valence-electron chi connectivity index (χ0n) is 17.5. The van der Waals surface area contributed by atoms with Crippen molar-refractivity contribution in [2.24, 2.45) is 0 Å². The predicted molar refractivity (Wildman–Crippen MR) is 114 cm³/mol. The Labute approximate surface area is 174 Å². The number of carbonyl (C=O) groups is 1. The normalized spacial score (nSPS) is 26.4. The maximum atomic E-state index is 13.8. The van der Waals surface area contributed by atoms with Gasteiger partial charge >= 0.3 is 6.03 Å². The number of rotatable bonds is 4. The van der Waals surface area contributed by atoms with Crippen molar-refractivity contribution in [3.8, 4) is 5.75 Å². The molecule has 1 spiro atoms. The second-order valence-corrected chi connectivity index (χ2v) is 9.02. The lowest BCUT2D eigenvalue weighted by molar-refractivity contribution is 0.0897. The van der Waals surface area contributed by atoms with Crippen molar-refractivity contribution in [2.45, 2.75) is 75.8 Å². The number of halogens is 1. The van der Waals surface area contributed by atoms with Gasteiger partial charge in [0.1, 0.15) is 11.6 Å². The summed E-state index contributed by atoms with van der Waals surface area (Å²) in [6.07, 6.45) is 8.65. The van der Waals surface area contributed by atoms with Crippen LogP contribution in [0.25, 0.3) is 0 Å². The lowest BCUT2D eigenvalue weighted by Gasteiger charge is -2.42. The maximum absolute atomic E-state index is 13.8. The van der Waals surface area contributed by atoms with Crippen LogP contribution in [0, 0.1) is 5.82 Å². The van der Waals surface area contributed by atoms with Gasteiger partial charge in [-0.05, 0) is 69.8 Å². The van der Waals surface area contributed by atoms with Gasteiger partial charge in [0.05, 0.1) is 6.61 Å². The van der Waals surface area contributed by atoms with Crippen molar-refractivity contribution in [3.05, 3.63) is 29.6 Å². The summed E-state index contributed by atoms with van der Waals surface area (Å²) in [6.45, 7) is 5.48. The van der Waals surface area contributed by atoms with Crippen molar-refractivity contribution in [1.82, 2.24) is 15.5 Å². The highest BCUT2D eigenvalue weighted by atomic mass is 19.1. The Morgan fingerprint density at radius 2 is 2.10 bits per heavy atom. The molecule has 1 saturated carbocycles. The molecule has 3 aliphatic rings. The van der Waals surface area contributed by atoms with E-state index in [1.54, 1.807) is 12.1 Å². The van der Waals surface area contributed by atoms with Crippen molar-refractivity contribution in [2.75, 3.05) is 26.2 Å². The number of nitrogens with one attached hydrogen (secondary N) is 2. The lowest BCUT2D eigenvalue weighted by atomic mass is 9.74. The fourth-order valence-corrected chi connectivity index (χ4v) is 5.34. The van der Waals surface area contributed by atoms with Crippen LogP contribution in [0.15, 0.2) is 18.2 Å². The molecule has 1 aromatic rings. The molecule has 1 aromatic carbocycles. The average molecular weight is 406 g/mol. The van der Waals surface area contributed by atoms with Gasteiger partial charge in [-0.3, -0.25) is 0 Å². The van der Waals surface area contributed by atoms with Gasteiger partial charge in [-0.1, -0.05) is 19.8 Å². The Morgan fingerprint density at radius 1 is 1.31 bits per heavy atom. The number of nitrogens with zero attached hydrogens (tertiary/aromatic N) is 1. The summed E-state index contributed by atoms with van der Waals surface area (Å²) in [6, 6.07) is 5.68. The number of fused-ring (bicyclic) bond motifs is 2. The van der Waals surface area contributed by atoms with Crippen LogP contribution in [0.5, 0.6) is 5.75 Å². The van der Waals surface area contributed by atoms with E-state index in [4.69, 9.17) is 4.74 Å². The number of hydrogen-bond donors (Lipinski definition) is 2. The molecule has 2 atom stereocenters. The van der Waals surface area contributed by atoms with E-state index in [1.165, 1.54) is 25.3 Å². The van der Waals surface area contributed by atoms with Gasteiger partial charge < -0.3 is 20.3 Å². The minimum Gasteiger partial charge on any atom is -0.492 e. The fraction of sp³-hybridized carbons (Fsp3) is 0.696. The summed E-state index contributed by atoms with van der Waals surface area (Å²) in [5.41, 5.74) is 1.03. The Hall–Kier alpha value is -1.82. The van der Waals surface area contributed by atoms with Gasteiger partial charge in [0.2, 0.25) is 0 Å². The first-order chi connectivity index (χ1) is 14.1. The largest absolute Gasteiger partial charge is 0.492 e. The number of carbonyl (C=O) groups excluding carboxylic acids is 1. The summed E-state index contributed by atoms with van der Waals surface area (Å²) < 4.78 is 19.7. The van der Waals surface area contributed by atoms with E-state index in [-0.39, 0.29) is 24.7 Å². The highest BCUT2D eigenvalue weighted by molar-refractivity contribution is 5.74. The van der Waals surface area contributed by atoms with Crippen LogP contribution in [-0.2, 0) is 5.41 Å². The molecular formula is C23H36FN3O2. The van der Waals surface area contributed by atoms with Crippen molar-refractivity contribution >= 4 is 6.03 Å². The van der Waals surface area contributed by atoms with Gasteiger partial charge in [0.25, 0.3) is 0 Å². The third-order valence-corrected chi connectivity index (χ3v) is 7.06. The Balaban J connectivity index is 0.00000256. The van der Waals surface area contributed by atoms with Crippen molar-refractivity contribution in [3.63, 3.8) is 0 Å². The zero-order chi connectivity index (χ0) is 20.3. The summed E-state index contributed by atoms with van der Waals surface area (Å²) in [7, 11) is 0. The molecule has 1 aliphatic carbocycles. The zero-order valence-corrected chi connectivity index (χ0v) is 17.5. The average Bonchev–Trinajstić information content (AvgIpc) is 2.90. The fourth-order valence-electron chi connectivity index (χ4n) is 5.34. The topological polar surface area (TPSA) is 53.6 Å². The highest BCUT2D eigenvalue weighted by Gasteiger charge is 2.44. The van der Waals surface area contributed by atoms with E-state index in [0.717, 1.165) is 63.1 Å². The second kappa shape index (κ2) is 8.90. The molecule has 1 saturated heterocycles. The van der Waals surface area contributed by atoms with E-state index < -0.39 is 0 Å². The minimum atomic E-state index is -0.171. The summed E-state index contributed by atoms with van der Waals surface area (Å²) in [5.74, 6) is 0.687. The number of piperidine rings is 1. The first kappa shape index (κ1) is 20.5. The molecule has 0 aromatic heterocycles. The van der Waals surface area contributed by atoms with Gasteiger partial charge in [-0.25, -0.2) is 9.18 Å². The number of benzene rings is 1. The number of likely N-dealkylation sites (tertiary alicyclic amines) is 1. The highest BCUT2D eigenvalue weighted by Crippen LogP contribution is 2.46. The second-order valence-electron chi connectivity index (χ2n) is 9.02. The third kappa shape index (κ3) is 4.52. The SMILES string of the molecule is CCCNC(=O)NC1CCCCC(N2CCC3(CC2)COc2ccc(F)cc23)C1.[HH]. The van der Waals surface area contributed by atoms with Crippen LogP contribution in [0.3, 0.4) is 0 Å². The standard InChI is InChI=1S/C23H34FN3O2.H2/c1-2-11-25-22(28)26-18-5-3-4-6-19(15-18)27-12-9-23(10-13-27)16-29-21-8-7-17(24)14-20(21)23;/h7-8,14,18-19H,2-6,9-13,15-16H2,1H3,(H2,25,26,28);1H. The molecule has 4 rings (SSSR count). The number of ether oxygens (including phenoxy) is 1. The molecule has 2 fully saturated rings.